The Bertz CT molecular complexity index is 104. The fraction of sp³-hybridized carbons (Fsp3) is 0.667. The van der Waals surface area contributed by atoms with E-state index in [1.54, 1.807) is 0 Å². The van der Waals surface area contributed by atoms with Gasteiger partial charge in [-0.15, -0.1) is 6.42 Å². The van der Waals surface area contributed by atoms with Crippen LogP contribution in [0.2, 0.25) is 0 Å². The molecule has 0 bridgehead atoms. The maximum absolute atomic E-state index is 10.1. The maximum atomic E-state index is 10.1. The zero-order valence-corrected chi connectivity index (χ0v) is 5.82. The molecule has 0 aromatic carbocycles. The van der Waals surface area contributed by atoms with Crippen molar-refractivity contribution >= 4 is 8.46 Å². The van der Waals surface area contributed by atoms with Crippen LogP contribution < -0.4 is 0 Å². The summed E-state index contributed by atoms with van der Waals surface area (Å²) in [4.78, 5) is 0. The van der Waals surface area contributed by atoms with E-state index in [4.69, 9.17) is 6.42 Å². The molecule has 0 saturated heterocycles. The van der Waals surface area contributed by atoms with Crippen LogP contribution in [0.4, 0.5) is 0 Å². The first kappa shape index (κ1) is 7.66. The first-order chi connectivity index (χ1) is 3.85. The Morgan fingerprint density at radius 2 is 2.50 bits per heavy atom. The van der Waals surface area contributed by atoms with Crippen molar-refractivity contribution in [2.45, 2.75) is 25.4 Å². The van der Waals surface area contributed by atoms with Gasteiger partial charge in [-0.3, -0.25) is 4.57 Å². The zero-order chi connectivity index (χ0) is 6.41. The normalized spacial score (nSPS) is 13.0. The molecule has 0 aliphatic carbocycles. The summed E-state index contributed by atoms with van der Waals surface area (Å²) in [6.45, 7) is 2.02. The monoisotopic (exact) mass is 128 g/mol. The summed E-state index contributed by atoms with van der Waals surface area (Å²) in [5.41, 5.74) is -0.0556. The van der Waals surface area contributed by atoms with Gasteiger partial charge in [0.2, 0.25) is 0 Å². The van der Waals surface area contributed by atoms with Crippen molar-refractivity contribution in [3.63, 3.8) is 0 Å². The Morgan fingerprint density at radius 3 is 2.62 bits per heavy atom. The number of terminal acetylenes is 1. The van der Waals surface area contributed by atoms with E-state index in [0.717, 1.165) is 12.8 Å². The molecule has 0 N–H and O–H groups in total. The third-order valence-corrected chi connectivity index (χ3v) is 1.54. The molecule has 1 atom stereocenters. The minimum Gasteiger partial charge on any atom is -0.274 e. The van der Waals surface area contributed by atoms with Crippen LogP contribution in [0, 0.1) is 12.3 Å². The Hall–Kier alpha value is -0.340. The molecule has 0 aliphatic heterocycles. The Labute approximate surface area is 51.7 Å². The number of hydrogen-bond acceptors (Lipinski definition) is 1. The minimum atomic E-state index is -0.0556. The smallest absolute Gasteiger partial charge is 0.171 e. The average Bonchev–Trinajstić information content (AvgIpc) is 1.83. The lowest BCUT2D eigenvalue weighted by atomic mass is 10.2. The fourth-order valence-electron chi connectivity index (χ4n) is 0.440. The molecule has 0 aromatic heterocycles. The van der Waals surface area contributed by atoms with Gasteiger partial charge >= 0.3 is 0 Å². The summed E-state index contributed by atoms with van der Waals surface area (Å²) < 4.78 is 10.1. The largest absolute Gasteiger partial charge is 0.274 e. The quantitative estimate of drug-likeness (QED) is 0.420. The summed E-state index contributed by atoms with van der Waals surface area (Å²) in [5.74, 6) is 2.43. The molecule has 0 heterocycles. The molecule has 0 rings (SSSR count). The Balaban J connectivity index is 3.40. The summed E-state index contributed by atoms with van der Waals surface area (Å²) in [7, 11) is 0.0890. The molecule has 1 unspecified atom stereocenters. The van der Waals surface area contributed by atoms with Gasteiger partial charge in [-0.1, -0.05) is 19.3 Å². The number of hydrogen-bond donors (Lipinski definition) is 0. The van der Waals surface area contributed by atoms with Crippen LogP contribution in [0.5, 0.6) is 0 Å². The molecule has 0 saturated carbocycles. The van der Waals surface area contributed by atoms with Crippen molar-refractivity contribution in [2.75, 3.05) is 0 Å². The van der Waals surface area contributed by atoms with E-state index in [0.29, 0.717) is 0 Å². The lowest BCUT2D eigenvalue weighted by molar-refractivity contribution is 0.592. The van der Waals surface area contributed by atoms with E-state index < -0.39 is 0 Å². The second-order valence-corrected chi connectivity index (χ2v) is 2.41. The first-order valence-corrected chi connectivity index (χ1v) is 3.52. The van der Waals surface area contributed by atoms with Gasteiger partial charge in [0.25, 0.3) is 0 Å². The highest BCUT2D eigenvalue weighted by Gasteiger charge is 1.99. The molecule has 0 aromatic rings. The molecular formula is C6H9OP. The summed E-state index contributed by atoms with van der Waals surface area (Å²) in [6.07, 6.45) is 6.88. The van der Waals surface area contributed by atoms with Crippen LogP contribution in [0.25, 0.3) is 0 Å². The standard InChI is InChI=1S/C6H9OP/c1-3-5-6(4-2)8-7/h2,6H,3,5H2,1H3. The van der Waals surface area contributed by atoms with Crippen molar-refractivity contribution in [3.05, 3.63) is 0 Å². The molecular weight excluding hydrogens is 119 g/mol. The molecule has 0 amide bonds. The lowest BCUT2D eigenvalue weighted by Crippen LogP contribution is -1.90. The van der Waals surface area contributed by atoms with E-state index in [1.165, 1.54) is 0 Å². The highest BCUT2D eigenvalue weighted by molar-refractivity contribution is 7.25. The molecule has 2 heteroatoms. The molecule has 8 heavy (non-hydrogen) atoms. The molecule has 0 radical (unpaired) electrons. The molecule has 0 spiro atoms. The first-order valence-electron chi connectivity index (χ1n) is 2.63. The van der Waals surface area contributed by atoms with Gasteiger partial charge in [0.05, 0.1) is 0 Å². The Morgan fingerprint density at radius 1 is 1.88 bits per heavy atom. The zero-order valence-electron chi connectivity index (χ0n) is 4.92. The van der Waals surface area contributed by atoms with Crippen molar-refractivity contribution in [1.29, 1.82) is 0 Å². The molecule has 0 fully saturated rings. The summed E-state index contributed by atoms with van der Waals surface area (Å²) in [5, 5.41) is 0. The van der Waals surface area contributed by atoms with E-state index in [1.807, 2.05) is 6.92 Å². The lowest BCUT2D eigenvalue weighted by Gasteiger charge is -1.93. The fourth-order valence-corrected chi connectivity index (χ4v) is 0.864. The summed E-state index contributed by atoms with van der Waals surface area (Å²) in [6, 6.07) is 0. The highest BCUT2D eigenvalue weighted by Crippen LogP contribution is 2.10. The van der Waals surface area contributed by atoms with Crippen LogP contribution in [-0.2, 0) is 4.57 Å². The predicted octanol–water partition coefficient (Wildman–Crippen LogP) is 2.08. The topological polar surface area (TPSA) is 17.1 Å². The van der Waals surface area contributed by atoms with Gasteiger partial charge in [-0.2, -0.15) is 0 Å². The van der Waals surface area contributed by atoms with Crippen molar-refractivity contribution in [1.82, 2.24) is 0 Å². The van der Waals surface area contributed by atoms with Gasteiger partial charge in [-0.05, 0) is 6.42 Å². The molecule has 1 nitrogen and oxygen atoms in total. The second-order valence-electron chi connectivity index (χ2n) is 1.58. The summed E-state index contributed by atoms with van der Waals surface area (Å²) >= 11 is 0. The number of rotatable bonds is 3. The van der Waals surface area contributed by atoms with E-state index in [-0.39, 0.29) is 14.1 Å². The van der Waals surface area contributed by atoms with E-state index in [9.17, 15) is 4.57 Å². The van der Waals surface area contributed by atoms with Crippen molar-refractivity contribution in [3.8, 4) is 12.3 Å². The maximum Gasteiger partial charge on any atom is 0.171 e. The minimum absolute atomic E-state index is 0.0556. The predicted molar refractivity (Wildman–Crippen MR) is 35.1 cm³/mol. The molecule has 0 aliphatic rings. The third-order valence-electron chi connectivity index (χ3n) is 0.882. The van der Waals surface area contributed by atoms with E-state index in [2.05, 4.69) is 5.92 Å². The van der Waals surface area contributed by atoms with Crippen LogP contribution in [0.1, 0.15) is 19.8 Å². The molecule has 44 valence electrons. The van der Waals surface area contributed by atoms with Crippen molar-refractivity contribution in [2.24, 2.45) is 0 Å². The third kappa shape index (κ3) is 2.77. The average molecular weight is 128 g/mol. The SMILES string of the molecule is C#CC(CCC)P=O. The van der Waals surface area contributed by atoms with Gasteiger partial charge in [-0.25, -0.2) is 0 Å². The van der Waals surface area contributed by atoms with Crippen LogP contribution in [-0.4, -0.2) is 5.66 Å². The van der Waals surface area contributed by atoms with Crippen molar-refractivity contribution < 1.29 is 4.57 Å². The van der Waals surface area contributed by atoms with Gasteiger partial charge in [0.15, 0.2) is 8.46 Å². The van der Waals surface area contributed by atoms with Gasteiger partial charge in [0.1, 0.15) is 5.66 Å². The van der Waals surface area contributed by atoms with Gasteiger partial charge in [0, 0.05) is 0 Å². The van der Waals surface area contributed by atoms with Crippen LogP contribution >= 0.6 is 8.46 Å². The Kier molecular flexibility index (Phi) is 4.61. The van der Waals surface area contributed by atoms with Gasteiger partial charge < -0.3 is 0 Å². The van der Waals surface area contributed by atoms with Crippen LogP contribution in [0.3, 0.4) is 0 Å². The second kappa shape index (κ2) is 4.81. The highest BCUT2D eigenvalue weighted by atomic mass is 31.1. The van der Waals surface area contributed by atoms with E-state index >= 15 is 0 Å². The van der Waals surface area contributed by atoms with Crippen LogP contribution in [0.15, 0.2) is 0 Å².